The quantitative estimate of drug-likeness (QED) is 0.203. The van der Waals surface area contributed by atoms with Gasteiger partial charge < -0.3 is 0 Å². The maximum atomic E-state index is 13.4. The predicted molar refractivity (Wildman–Crippen MR) is 122 cm³/mol. The van der Waals surface area contributed by atoms with Gasteiger partial charge in [-0.25, -0.2) is 8.78 Å². The first-order valence-electron chi connectivity index (χ1n) is 8.89. The van der Waals surface area contributed by atoms with Gasteiger partial charge in [0.05, 0.1) is 0 Å². The number of halogens is 3. The van der Waals surface area contributed by atoms with E-state index >= 15 is 0 Å². The lowest BCUT2D eigenvalue weighted by atomic mass is 9.97. The van der Waals surface area contributed by atoms with Gasteiger partial charge in [0.2, 0.25) is 0 Å². The van der Waals surface area contributed by atoms with E-state index in [4.69, 9.17) is 0 Å². The van der Waals surface area contributed by atoms with Gasteiger partial charge >= 0.3 is 0 Å². The van der Waals surface area contributed by atoms with Crippen LogP contribution in [0.3, 0.4) is 0 Å². The van der Waals surface area contributed by atoms with Crippen LogP contribution in [0.4, 0.5) is 8.78 Å². The Morgan fingerprint density at radius 1 is 0.793 bits per heavy atom. The van der Waals surface area contributed by atoms with Gasteiger partial charge in [-0.15, -0.1) is 11.3 Å². The highest BCUT2D eigenvalue weighted by Gasteiger charge is 2.21. The number of hydrogen-bond donors (Lipinski definition) is 0. The highest BCUT2D eigenvalue weighted by Crippen LogP contribution is 2.39. The number of rotatable bonds is 4. The summed E-state index contributed by atoms with van der Waals surface area (Å²) >= 11 is 3.63. The van der Waals surface area contributed by atoms with Gasteiger partial charge in [0.15, 0.2) is 5.78 Å². The molecule has 29 heavy (non-hydrogen) atoms. The summed E-state index contributed by atoms with van der Waals surface area (Å²) in [4.78, 5) is 15.1. The van der Waals surface area contributed by atoms with Crippen LogP contribution < -0.4 is 0 Å². The Kier molecular flexibility index (Phi) is 5.61. The van der Waals surface area contributed by atoms with Gasteiger partial charge in [0.25, 0.3) is 0 Å². The fourth-order valence-corrected chi connectivity index (χ4v) is 4.77. The minimum Gasteiger partial charge on any atom is -0.289 e. The number of ketones is 1. The molecule has 3 aromatic carbocycles. The minimum absolute atomic E-state index is 0.0787. The van der Waals surface area contributed by atoms with Crippen LogP contribution in [0.25, 0.3) is 20.9 Å². The Balaban J connectivity index is 1.88. The largest absolute Gasteiger partial charge is 0.289 e. The third kappa shape index (κ3) is 4.16. The van der Waals surface area contributed by atoms with Crippen molar-refractivity contribution >= 4 is 39.7 Å². The SMILES string of the molecule is Cc1ccc(I)cc1C(=O)c1cc(-c2ccc(F)cc2)sc1-c1ccc(F)cc1. The van der Waals surface area contributed by atoms with Crippen LogP contribution >= 0.6 is 33.9 Å². The molecule has 5 heteroatoms. The highest BCUT2D eigenvalue weighted by atomic mass is 127. The Morgan fingerprint density at radius 2 is 1.38 bits per heavy atom. The van der Waals surface area contributed by atoms with Gasteiger partial charge in [0, 0.05) is 24.5 Å². The topological polar surface area (TPSA) is 17.1 Å². The maximum Gasteiger partial charge on any atom is 0.194 e. The molecule has 0 atom stereocenters. The summed E-state index contributed by atoms with van der Waals surface area (Å²) in [5, 5.41) is 0. The van der Waals surface area contributed by atoms with E-state index in [0.29, 0.717) is 11.1 Å². The maximum absolute atomic E-state index is 13.4. The lowest BCUT2D eigenvalue weighted by Crippen LogP contribution is -2.04. The molecule has 0 spiro atoms. The van der Waals surface area contributed by atoms with E-state index in [1.165, 1.54) is 35.6 Å². The summed E-state index contributed by atoms with van der Waals surface area (Å²) in [6.07, 6.45) is 0. The van der Waals surface area contributed by atoms with E-state index in [2.05, 4.69) is 22.6 Å². The second-order valence-electron chi connectivity index (χ2n) is 6.66. The monoisotopic (exact) mass is 516 g/mol. The molecule has 0 saturated carbocycles. The number of benzene rings is 3. The van der Waals surface area contributed by atoms with Crippen molar-refractivity contribution in [2.45, 2.75) is 6.92 Å². The van der Waals surface area contributed by atoms with Crippen molar-refractivity contribution in [3.63, 3.8) is 0 Å². The third-order valence-corrected chi connectivity index (χ3v) is 6.56. The summed E-state index contributed by atoms with van der Waals surface area (Å²) in [5.74, 6) is -0.717. The number of thiophene rings is 1. The van der Waals surface area contributed by atoms with Crippen molar-refractivity contribution in [2.24, 2.45) is 0 Å². The Bertz CT molecular complexity index is 1190. The molecule has 0 aliphatic heterocycles. The first-order valence-corrected chi connectivity index (χ1v) is 10.8. The van der Waals surface area contributed by atoms with Crippen molar-refractivity contribution in [1.29, 1.82) is 0 Å². The Labute approximate surface area is 185 Å². The first-order chi connectivity index (χ1) is 13.9. The van der Waals surface area contributed by atoms with Crippen LogP contribution in [0, 0.1) is 22.1 Å². The van der Waals surface area contributed by atoms with Gasteiger partial charge in [-0.05, 0) is 88.7 Å². The van der Waals surface area contributed by atoms with Crippen LogP contribution in [0.1, 0.15) is 21.5 Å². The molecule has 0 fully saturated rings. The van der Waals surface area contributed by atoms with Crippen molar-refractivity contribution in [3.05, 3.63) is 105 Å². The molecule has 0 aliphatic carbocycles. The van der Waals surface area contributed by atoms with Crippen molar-refractivity contribution < 1.29 is 13.6 Å². The molecule has 1 nitrogen and oxygen atoms in total. The van der Waals surface area contributed by atoms with Crippen LogP contribution in [0.2, 0.25) is 0 Å². The van der Waals surface area contributed by atoms with E-state index in [9.17, 15) is 13.6 Å². The van der Waals surface area contributed by atoms with Gasteiger partial charge in [-0.3, -0.25) is 4.79 Å². The average molecular weight is 516 g/mol. The van der Waals surface area contributed by atoms with Crippen LogP contribution in [0.15, 0.2) is 72.8 Å². The summed E-state index contributed by atoms with van der Waals surface area (Å²) in [6, 6.07) is 19.9. The van der Waals surface area contributed by atoms with Crippen LogP contribution in [-0.4, -0.2) is 5.78 Å². The van der Waals surface area contributed by atoms with Gasteiger partial charge in [0.1, 0.15) is 11.6 Å². The number of carbonyl (C=O) groups is 1. The third-order valence-electron chi connectivity index (χ3n) is 4.66. The van der Waals surface area contributed by atoms with Crippen LogP contribution in [-0.2, 0) is 0 Å². The summed E-state index contributed by atoms with van der Waals surface area (Å²) in [5.41, 5.74) is 3.71. The van der Waals surface area contributed by atoms with Crippen LogP contribution in [0.5, 0.6) is 0 Å². The number of aryl methyl sites for hydroxylation is 1. The van der Waals surface area contributed by atoms with E-state index in [1.807, 2.05) is 31.2 Å². The van der Waals surface area contributed by atoms with Crippen molar-refractivity contribution in [2.75, 3.05) is 0 Å². The fraction of sp³-hybridized carbons (Fsp3) is 0.0417. The van der Waals surface area contributed by atoms with E-state index < -0.39 is 0 Å². The first kappa shape index (κ1) is 19.9. The Hall–Kier alpha value is -2.38. The zero-order chi connectivity index (χ0) is 20.5. The normalized spacial score (nSPS) is 10.9. The number of hydrogen-bond acceptors (Lipinski definition) is 2. The molecule has 0 N–H and O–H groups in total. The molecule has 0 unspecified atom stereocenters. The lowest BCUT2D eigenvalue weighted by Gasteiger charge is -2.07. The summed E-state index contributed by atoms with van der Waals surface area (Å²) < 4.78 is 27.7. The molecule has 0 amide bonds. The minimum atomic E-state index is -0.328. The average Bonchev–Trinajstić information content (AvgIpc) is 3.16. The molecule has 0 bridgehead atoms. The van der Waals surface area contributed by atoms with Gasteiger partial charge in [-0.2, -0.15) is 0 Å². The second-order valence-corrected chi connectivity index (χ2v) is 8.95. The second kappa shape index (κ2) is 8.16. The lowest BCUT2D eigenvalue weighted by molar-refractivity contribution is 0.103. The molecule has 0 saturated heterocycles. The molecule has 0 aliphatic rings. The standard InChI is InChI=1S/C24H15F2IOS/c1-14-2-11-19(27)12-20(14)23(28)21-13-22(15-3-7-17(25)8-4-15)29-24(21)16-5-9-18(26)10-6-16/h2-13H,1H3. The molecule has 4 rings (SSSR count). The van der Waals surface area contributed by atoms with E-state index in [0.717, 1.165) is 30.0 Å². The molecule has 144 valence electrons. The zero-order valence-corrected chi connectivity index (χ0v) is 18.4. The van der Waals surface area contributed by atoms with Gasteiger partial charge in [-0.1, -0.05) is 30.3 Å². The fourth-order valence-electron chi connectivity index (χ4n) is 3.12. The molecule has 0 radical (unpaired) electrons. The number of carbonyl (C=O) groups excluding carboxylic acids is 1. The van der Waals surface area contributed by atoms with Crippen molar-refractivity contribution in [3.8, 4) is 20.9 Å². The molecule has 1 aromatic heterocycles. The summed E-state index contributed by atoms with van der Waals surface area (Å²) in [7, 11) is 0. The molecular weight excluding hydrogens is 501 g/mol. The summed E-state index contributed by atoms with van der Waals surface area (Å²) in [6.45, 7) is 1.91. The van der Waals surface area contributed by atoms with Crippen molar-refractivity contribution in [1.82, 2.24) is 0 Å². The zero-order valence-electron chi connectivity index (χ0n) is 15.4. The Morgan fingerprint density at radius 3 is 2.00 bits per heavy atom. The van der Waals surface area contributed by atoms with E-state index in [1.54, 1.807) is 24.3 Å². The molecule has 4 aromatic rings. The van der Waals surface area contributed by atoms with E-state index in [-0.39, 0.29) is 17.4 Å². The predicted octanol–water partition coefficient (Wildman–Crippen LogP) is 7.50. The molecule has 1 heterocycles. The molecular formula is C24H15F2IOS. The highest BCUT2D eigenvalue weighted by molar-refractivity contribution is 14.1. The smallest absolute Gasteiger partial charge is 0.194 e.